The SMILES string of the molecule is CN(C)CCCn1nc(-c2ccc(C(=O)NCCc3ccc4[nH]cc(C#N)c4c3)cc2)ccc1=O. The van der Waals surface area contributed by atoms with E-state index >= 15 is 0 Å². The van der Waals surface area contributed by atoms with Crippen molar-refractivity contribution in [3.05, 3.63) is 87.8 Å². The molecule has 0 aliphatic rings. The second-order valence-electron chi connectivity index (χ2n) is 8.71. The fourth-order valence-corrected chi connectivity index (χ4v) is 3.93. The van der Waals surface area contributed by atoms with E-state index in [0.717, 1.165) is 35.0 Å². The van der Waals surface area contributed by atoms with Crippen LogP contribution in [0.15, 0.2) is 65.6 Å². The van der Waals surface area contributed by atoms with Crippen molar-refractivity contribution in [2.75, 3.05) is 27.2 Å². The molecule has 0 saturated heterocycles. The van der Waals surface area contributed by atoms with Crippen molar-refractivity contribution in [2.24, 2.45) is 0 Å². The van der Waals surface area contributed by atoms with Crippen molar-refractivity contribution in [3.8, 4) is 17.3 Å². The number of nitrogens with one attached hydrogen (secondary N) is 2. The highest BCUT2D eigenvalue weighted by atomic mass is 16.1. The molecule has 2 heterocycles. The zero-order chi connectivity index (χ0) is 24.8. The van der Waals surface area contributed by atoms with E-state index in [1.807, 2.05) is 44.4 Å². The summed E-state index contributed by atoms with van der Waals surface area (Å²) in [6.45, 7) is 1.92. The van der Waals surface area contributed by atoms with Crippen LogP contribution in [0.5, 0.6) is 0 Å². The maximum absolute atomic E-state index is 12.6. The second kappa shape index (κ2) is 10.8. The third-order valence-corrected chi connectivity index (χ3v) is 5.85. The van der Waals surface area contributed by atoms with Crippen LogP contribution in [-0.2, 0) is 13.0 Å². The Morgan fingerprint density at radius 3 is 2.69 bits per heavy atom. The van der Waals surface area contributed by atoms with Gasteiger partial charge in [-0.1, -0.05) is 18.2 Å². The Bertz CT molecular complexity index is 1430. The lowest BCUT2D eigenvalue weighted by molar-refractivity contribution is 0.0954. The summed E-state index contributed by atoms with van der Waals surface area (Å²) in [6.07, 6.45) is 3.20. The van der Waals surface area contributed by atoms with Gasteiger partial charge >= 0.3 is 0 Å². The number of hydrogen-bond donors (Lipinski definition) is 2. The van der Waals surface area contributed by atoms with Gasteiger partial charge in [0.25, 0.3) is 11.5 Å². The molecule has 0 spiro atoms. The summed E-state index contributed by atoms with van der Waals surface area (Å²) < 4.78 is 1.49. The molecule has 2 aromatic carbocycles. The van der Waals surface area contributed by atoms with E-state index in [-0.39, 0.29) is 11.5 Å². The normalized spacial score (nSPS) is 11.0. The van der Waals surface area contributed by atoms with Gasteiger partial charge in [-0.25, -0.2) is 4.68 Å². The summed E-state index contributed by atoms with van der Waals surface area (Å²) in [5, 5.41) is 17.5. The van der Waals surface area contributed by atoms with Crippen LogP contribution in [0.3, 0.4) is 0 Å². The average molecular weight is 469 g/mol. The quantitative estimate of drug-likeness (QED) is 0.392. The summed E-state index contributed by atoms with van der Waals surface area (Å²) in [5.74, 6) is -0.154. The van der Waals surface area contributed by atoms with E-state index in [2.05, 4.69) is 26.4 Å². The van der Waals surface area contributed by atoms with Gasteiger partial charge < -0.3 is 15.2 Å². The molecule has 8 nitrogen and oxygen atoms in total. The largest absolute Gasteiger partial charge is 0.360 e. The molecule has 0 atom stereocenters. The molecule has 4 aromatic rings. The highest BCUT2D eigenvalue weighted by Gasteiger charge is 2.09. The van der Waals surface area contributed by atoms with Crippen LogP contribution in [0.1, 0.15) is 27.9 Å². The number of carbonyl (C=O) groups excluding carboxylic acids is 1. The fraction of sp³-hybridized carbons (Fsp3) is 0.259. The first-order chi connectivity index (χ1) is 16.9. The second-order valence-corrected chi connectivity index (χ2v) is 8.71. The van der Waals surface area contributed by atoms with Crippen LogP contribution in [0.4, 0.5) is 0 Å². The van der Waals surface area contributed by atoms with Gasteiger partial charge in [-0.15, -0.1) is 0 Å². The number of amides is 1. The van der Waals surface area contributed by atoms with Gasteiger partial charge in [0.15, 0.2) is 0 Å². The third-order valence-electron chi connectivity index (χ3n) is 5.85. The van der Waals surface area contributed by atoms with Gasteiger partial charge in [0.1, 0.15) is 6.07 Å². The van der Waals surface area contributed by atoms with Crippen molar-refractivity contribution in [2.45, 2.75) is 19.4 Å². The Balaban J connectivity index is 1.36. The smallest absolute Gasteiger partial charge is 0.266 e. The molecule has 0 saturated carbocycles. The van der Waals surface area contributed by atoms with Crippen LogP contribution in [-0.4, -0.2) is 52.8 Å². The fourth-order valence-electron chi connectivity index (χ4n) is 3.93. The van der Waals surface area contributed by atoms with Crippen LogP contribution in [0.2, 0.25) is 0 Å². The molecule has 178 valence electrons. The summed E-state index contributed by atoms with van der Waals surface area (Å²) in [4.78, 5) is 29.9. The first-order valence-corrected chi connectivity index (χ1v) is 11.6. The molecule has 4 rings (SSSR count). The number of rotatable bonds is 9. The number of nitriles is 1. The monoisotopic (exact) mass is 468 g/mol. The maximum Gasteiger partial charge on any atom is 0.266 e. The topological polar surface area (TPSA) is 107 Å². The van der Waals surface area contributed by atoms with E-state index in [9.17, 15) is 14.9 Å². The van der Waals surface area contributed by atoms with E-state index in [1.165, 1.54) is 10.7 Å². The maximum atomic E-state index is 12.6. The van der Waals surface area contributed by atoms with E-state index in [0.29, 0.717) is 36.3 Å². The summed E-state index contributed by atoms with van der Waals surface area (Å²) in [5.41, 5.74) is 4.56. The highest BCUT2D eigenvalue weighted by molar-refractivity contribution is 5.94. The lowest BCUT2D eigenvalue weighted by atomic mass is 10.1. The minimum absolute atomic E-state index is 0.122. The molecule has 0 radical (unpaired) electrons. The van der Waals surface area contributed by atoms with Crippen molar-refractivity contribution < 1.29 is 4.79 Å². The molecule has 35 heavy (non-hydrogen) atoms. The van der Waals surface area contributed by atoms with Crippen LogP contribution >= 0.6 is 0 Å². The van der Waals surface area contributed by atoms with Gasteiger partial charge in [-0.05, 0) is 69.4 Å². The Morgan fingerprint density at radius 1 is 1.14 bits per heavy atom. The highest BCUT2D eigenvalue weighted by Crippen LogP contribution is 2.19. The zero-order valence-electron chi connectivity index (χ0n) is 19.9. The first kappa shape index (κ1) is 23.9. The average Bonchev–Trinajstić information content (AvgIpc) is 3.27. The number of hydrogen-bond acceptors (Lipinski definition) is 5. The Kier molecular flexibility index (Phi) is 7.38. The number of aromatic nitrogens is 3. The third kappa shape index (κ3) is 5.83. The van der Waals surface area contributed by atoms with Crippen molar-refractivity contribution in [1.29, 1.82) is 5.26 Å². The van der Waals surface area contributed by atoms with E-state index in [4.69, 9.17) is 0 Å². The molecule has 0 bridgehead atoms. The summed E-state index contributed by atoms with van der Waals surface area (Å²) in [7, 11) is 4.00. The molecule has 8 heteroatoms. The number of aromatic amines is 1. The Labute approximate surface area is 203 Å². The summed E-state index contributed by atoms with van der Waals surface area (Å²) >= 11 is 0. The number of fused-ring (bicyclic) bond motifs is 1. The lowest BCUT2D eigenvalue weighted by Gasteiger charge is -2.11. The molecule has 2 aromatic heterocycles. The van der Waals surface area contributed by atoms with Crippen molar-refractivity contribution >= 4 is 16.8 Å². The number of benzene rings is 2. The number of nitrogens with zero attached hydrogens (tertiary/aromatic N) is 4. The standard InChI is InChI=1S/C27H28N6O2/c1-32(2)14-3-15-33-26(34)11-10-24(31-33)20-5-7-21(8-6-20)27(35)29-13-12-19-4-9-25-23(16-19)22(17-28)18-30-25/h4-11,16,18,30H,3,12-15H2,1-2H3,(H,29,35). The van der Waals surface area contributed by atoms with Crippen molar-refractivity contribution in [1.82, 2.24) is 25.0 Å². The van der Waals surface area contributed by atoms with Gasteiger partial charge in [0.2, 0.25) is 0 Å². The predicted molar refractivity (Wildman–Crippen MR) is 136 cm³/mol. The number of aryl methyl sites for hydroxylation is 1. The summed E-state index contributed by atoms with van der Waals surface area (Å²) in [6, 6.07) is 18.6. The van der Waals surface area contributed by atoms with Gasteiger partial charge in [0.05, 0.1) is 11.3 Å². The van der Waals surface area contributed by atoms with Crippen molar-refractivity contribution in [3.63, 3.8) is 0 Å². The molecule has 0 unspecified atom stereocenters. The van der Waals surface area contributed by atoms with Gasteiger partial charge in [-0.2, -0.15) is 10.4 Å². The van der Waals surface area contributed by atoms with Gasteiger partial charge in [-0.3, -0.25) is 9.59 Å². The molecule has 2 N–H and O–H groups in total. The van der Waals surface area contributed by atoms with Crippen LogP contribution in [0, 0.1) is 11.3 Å². The number of H-pyrrole nitrogens is 1. The lowest BCUT2D eigenvalue weighted by Crippen LogP contribution is -2.25. The number of carbonyl (C=O) groups is 1. The zero-order valence-corrected chi connectivity index (χ0v) is 19.9. The van der Waals surface area contributed by atoms with E-state index < -0.39 is 0 Å². The van der Waals surface area contributed by atoms with Gasteiger partial charge in [0, 0.05) is 47.4 Å². The Hall–Kier alpha value is -4.22. The molecule has 0 fully saturated rings. The van der Waals surface area contributed by atoms with E-state index in [1.54, 1.807) is 24.4 Å². The minimum Gasteiger partial charge on any atom is -0.360 e. The molecule has 0 aliphatic carbocycles. The van der Waals surface area contributed by atoms with Crippen LogP contribution < -0.4 is 10.9 Å². The molecular formula is C27H28N6O2. The molecular weight excluding hydrogens is 440 g/mol. The molecule has 0 aliphatic heterocycles. The minimum atomic E-state index is -0.154. The Morgan fingerprint density at radius 2 is 1.94 bits per heavy atom. The molecule has 1 amide bonds. The first-order valence-electron chi connectivity index (χ1n) is 11.6. The predicted octanol–water partition coefficient (Wildman–Crippen LogP) is 3.19. The van der Waals surface area contributed by atoms with Crippen LogP contribution in [0.25, 0.3) is 22.2 Å².